The van der Waals surface area contributed by atoms with E-state index in [1.54, 1.807) is 6.07 Å². The second-order valence-corrected chi connectivity index (χ2v) is 8.38. The summed E-state index contributed by atoms with van der Waals surface area (Å²) < 4.78 is 28.0. The van der Waals surface area contributed by atoms with E-state index < -0.39 is 10.0 Å². The summed E-state index contributed by atoms with van der Waals surface area (Å²) in [5.41, 5.74) is 4.60. The molecule has 24 heavy (non-hydrogen) atoms. The van der Waals surface area contributed by atoms with Crippen molar-refractivity contribution in [3.8, 4) is 0 Å². The molecule has 3 rings (SSSR count). The van der Waals surface area contributed by atoms with Gasteiger partial charge in [-0.15, -0.1) is 0 Å². The molecule has 1 N–H and O–H groups in total. The topological polar surface area (TPSA) is 49.4 Å². The van der Waals surface area contributed by atoms with Gasteiger partial charge in [0.05, 0.1) is 4.90 Å². The smallest absolute Gasteiger partial charge is 0.240 e. The van der Waals surface area contributed by atoms with Gasteiger partial charge in [0.2, 0.25) is 10.0 Å². The molecule has 0 atom stereocenters. The van der Waals surface area contributed by atoms with Crippen molar-refractivity contribution in [1.82, 2.24) is 9.62 Å². The molecule has 0 radical (unpaired) electrons. The number of nitrogens with one attached hydrogen (secondary N) is 1. The van der Waals surface area contributed by atoms with Gasteiger partial charge in [-0.2, -0.15) is 0 Å². The SMILES string of the molecule is CN(C)Cc1ccccc1CNS(=O)(=O)c1ccc2c(c1)CCC2. The molecule has 2 aromatic carbocycles. The van der Waals surface area contributed by atoms with Gasteiger partial charge >= 0.3 is 0 Å². The van der Waals surface area contributed by atoms with Crippen LogP contribution in [0.5, 0.6) is 0 Å². The van der Waals surface area contributed by atoms with Gasteiger partial charge < -0.3 is 4.90 Å². The van der Waals surface area contributed by atoms with E-state index in [2.05, 4.69) is 9.62 Å². The Hall–Kier alpha value is -1.69. The first-order chi connectivity index (χ1) is 11.5. The maximum atomic E-state index is 12.6. The number of sulfonamides is 1. The fraction of sp³-hybridized carbons (Fsp3) is 0.368. The third kappa shape index (κ3) is 3.86. The molecule has 0 bridgehead atoms. The van der Waals surface area contributed by atoms with Crippen LogP contribution in [0.2, 0.25) is 0 Å². The first kappa shape index (κ1) is 17.1. The predicted molar refractivity (Wildman–Crippen MR) is 96.3 cm³/mol. The van der Waals surface area contributed by atoms with E-state index in [1.807, 2.05) is 50.5 Å². The molecule has 0 fully saturated rings. The van der Waals surface area contributed by atoms with E-state index in [0.29, 0.717) is 11.4 Å². The monoisotopic (exact) mass is 344 g/mol. The number of hydrogen-bond acceptors (Lipinski definition) is 3. The van der Waals surface area contributed by atoms with Gasteiger partial charge in [0.15, 0.2) is 0 Å². The second kappa shape index (κ2) is 7.05. The lowest BCUT2D eigenvalue weighted by atomic mass is 10.1. The van der Waals surface area contributed by atoms with Crippen LogP contribution in [-0.2, 0) is 36.0 Å². The van der Waals surface area contributed by atoms with Crippen LogP contribution in [0.4, 0.5) is 0 Å². The molecule has 0 aliphatic heterocycles. The van der Waals surface area contributed by atoms with E-state index >= 15 is 0 Å². The van der Waals surface area contributed by atoms with Crippen molar-refractivity contribution < 1.29 is 8.42 Å². The fourth-order valence-electron chi connectivity index (χ4n) is 3.20. The van der Waals surface area contributed by atoms with Crippen molar-refractivity contribution in [1.29, 1.82) is 0 Å². The Labute approximate surface area is 144 Å². The Morgan fingerprint density at radius 3 is 2.46 bits per heavy atom. The molecule has 0 unspecified atom stereocenters. The summed E-state index contributed by atoms with van der Waals surface area (Å²) in [4.78, 5) is 2.45. The van der Waals surface area contributed by atoms with Crippen molar-refractivity contribution in [2.24, 2.45) is 0 Å². The van der Waals surface area contributed by atoms with Crippen LogP contribution in [0, 0.1) is 0 Å². The van der Waals surface area contributed by atoms with Crippen molar-refractivity contribution in [2.45, 2.75) is 37.2 Å². The van der Waals surface area contributed by atoms with Gasteiger partial charge in [0.1, 0.15) is 0 Å². The van der Waals surface area contributed by atoms with Crippen LogP contribution in [0.3, 0.4) is 0 Å². The molecule has 1 aliphatic rings. The number of rotatable bonds is 6. The molecule has 1 aliphatic carbocycles. The molecule has 0 spiro atoms. The third-order valence-electron chi connectivity index (χ3n) is 4.44. The molecule has 0 amide bonds. The van der Waals surface area contributed by atoms with Gasteiger partial charge in [-0.05, 0) is 67.7 Å². The standard InChI is InChI=1S/C19H24N2O2S/c1-21(2)14-18-7-4-3-6-17(18)13-20-24(22,23)19-11-10-15-8-5-9-16(15)12-19/h3-4,6-7,10-12,20H,5,8-9,13-14H2,1-2H3. The maximum Gasteiger partial charge on any atom is 0.240 e. The Bertz CT molecular complexity index is 829. The van der Waals surface area contributed by atoms with Crippen molar-refractivity contribution in [2.75, 3.05) is 14.1 Å². The van der Waals surface area contributed by atoms with Crippen LogP contribution in [0.15, 0.2) is 47.4 Å². The summed E-state index contributed by atoms with van der Waals surface area (Å²) in [7, 11) is 0.522. The highest BCUT2D eigenvalue weighted by Crippen LogP contribution is 2.24. The minimum atomic E-state index is -3.49. The quantitative estimate of drug-likeness (QED) is 0.876. The van der Waals surface area contributed by atoms with Crippen LogP contribution in [-0.4, -0.2) is 27.4 Å². The normalized spacial score (nSPS) is 14.1. The number of fused-ring (bicyclic) bond motifs is 1. The molecular weight excluding hydrogens is 320 g/mol. The van der Waals surface area contributed by atoms with Crippen LogP contribution in [0.1, 0.15) is 28.7 Å². The Morgan fingerprint density at radius 1 is 1.00 bits per heavy atom. The van der Waals surface area contributed by atoms with E-state index in [0.717, 1.165) is 36.9 Å². The fourth-order valence-corrected chi connectivity index (χ4v) is 4.25. The highest BCUT2D eigenvalue weighted by atomic mass is 32.2. The minimum absolute atomic E-state index is 0.309. The van der Waals surface area contributed by atoms with E-state index in [1.165, 1.54) is 11.1 Å². The van der Waals surface area contributed by atoms with Crippen LogP contribution in [0.25, 0.3) is 0 Å². The minimum Gasteiger partial charge on any atom is -0.305 e. The number of benzene rings is 2. The van der Waals surface area contributed by atoms with Crippen molar-refractivity contribution in [3.05, 3.63) is 64.7 Å². The van der Waals surface area contributed by atoms with Gasteiger partial charge in [0.25, 0.3) is 0 Å². The van der Waals surface area contributed by atoms with E-state index in [4.69, 9.17) is 0 Å². The number of aryl methyl sites for hydroxylation is 2. The summed E-state index contributed by atoms with van der Waals surface area (Å²) in [6.07, 6.45) is 3.15. The summed E-state index contributed by atoms with van der Waals surface area (Å²) in [5.74, 6) is 0. The lowest BCUT2D eigenvalue weighted by molar-refractivity contribution is 0.400. The van der Waals surface area contributed by atoms with E-state index in [-0.39, 0.29) is 0 Å². The third-order valence-corrected chi connectivity index (χ3v) is 5.84. The molecule has 0 saturated heterocycles. The van der Waals surface area contributed by atoms with Crippen molar-refractivity contribution in [3.63, 3.8) is 0 Å². The van der Waals surface area contributed by atoms with Crippen molar-refractivity contribution >= 4 is 10.0 Å². The first-order valence-electron chi connectivity index (χ1n) is 8.29. The first-order valence-corrected chi connectivity index (χ1v) is 9.77. The zero-order valence-electron chi connectivity index (χ0n) is 14.2. The molecule has 5 heteroatoms. The summed E-state index contributed by atoms with van der Waals surface area (Å²) in [6.45, 7) is 1.10. The summed E-state index contributed by atoms with van der Waals surface area (Å²) in [6, 6.07) is 13.4. The zero-order valence-corrected chi connectivity index (χ0v) is 15.1. The summed E-state index contributed by atoms with van der Waals surface area (Å²) >= 11 is 0. The molecular formula is C19H24N2O2S. The lowest BCUT2D eigenvalue weighted by Gasteiger charge is -2.15. The van der Waals surface area contributed by atoms with Gasteiger partial charge in [-0.3, -0.25) is 0 Å². The molecule has 2 aromatic rings. The Balaban J connectivity index is 1.76. The van der Waals surface area contributed by atoms with E-state index in [9.17, 15) is 8.42 Å². The average molecular weight is 344 g/mol. The van der Waals surface area contributed by atoms with Crippen LogP contribution >= 0.6 is 0 Å². The molecule has 4 nitrogen and oxygen atoms in total. The Morgan fingerprint density at radius 2 is 1.71 bits per heavy atom. The molecule has 0 aromatic heterocycles. The highest BCUT2D eigenvalue weighted by Gasteiger charge is 2.18. The van der Waals surface area contributed by atoms with Gasteiger partial charge in [-0.1, -0.05) is 30.3 Å². The highest BCUT2D eigenvalue weighted by molar-refractivity contribution is 7.89. The number of nitrogens with zero attached hydrogens (tertiary/aromatic N) is 1. The number of hydrogen-bond donors (Lipinski definition) is 1. The molecule has 0 saturated carbocycles. The van der Waals surface area contributed by atoms with Crippen LogP contribution < -0.4 is 4.72 Å². The average Bonchev–Trinajstić information content (AvgIpc) is 3.01. The van der Waals surface area contributed by atoms with Gasteiger partial charge in [-0.25, -0.2) is 13.1 Å². The molecule has 128 valence electrons. The zero-order chi connectivity index (χ0) is 17.2. The Kier molecular flexibility index (Phi) is 5.04. The predicted octanol–water partition coefficient (Wildman–Crippen LogP) is 2.72. The largest absolute Gasteiger partial charge is 0.305 e. The van der Waals surface area contributed by atoms with Gasteiger partial charge in [0, 0.05) is 13.1 Å². The lowest BCUT2D eigenvalue weighted by Crippen LogP contribution is -2.24. The molecule has 0 heterocycles. The second-order valence-electron chi connectivity index (χ2n) is 6.62. The maximum absolute atomic E-state index is 12.6. The summed E-state index contributed by atoms with van der Waals surface area (Å²) in [5, 5.41) is 0.